The van der Waals surface area contributed by atoms with Gasteiger partial charge < -0.3 is 18.3 Å². The topological polar surface area (TPSA) is 78.9 Å². The largest absolute Gasteiger partial charge is 0.466 e. The van der Waals surface area contributed by atoms with Crippen LogP contribution in [-0.4, -0.2) is 11.9 Å². The Morgan fingerprint density at radius 2 is 1.65 bits per heavy atom. The summed E-state index contributed by atoms with van der Waals surface area (Å²) >= 11 is 0. The van der Waals surface area contributed by atoms with Crippen LogP contribution >= 0.6 is 0 Å². The van der Waals surface area contributed by atoms with Gasteiger partial charge in [-0.1, -0.05) is 6.08 Å². The Kier molecular flexibility index (Phi) is 4.06. The molecule has 0 N–H and O–H groups in total. The Morgan fingerprint density at radius 3 is 2.00 bits per heavy atom. The average molecular weight is 316 g/mol. The standard InChI is InChI=1S/C17H16O6/c1-2-12-9-17(12,15(18)22-10-13-5-3-7-20-13)16(19)23-11-14-6-4-8-21-14/h2-8,12H,1,9-11H2. The van der Waals surface area contributed by atoms with Gasteiger partial charge >= 0.3 is 11.9 Å². The molecule has 0 aliphatic heterocycles. The van der Waals surface area contributed by atoms with Gasteiger partial charge in [0.2, 0.25) is 0 Å². The molecular weight excluding hydrogens is 300 g/mol. The molecule has 1 atom stereocenters. The van der Waals surface area contributed by atoms with E-state index in [1.165, 1.54) is 12.5 Å². The van der Waals surface area contributed by atoms with E-state index in [2.05, 4.69) is 6.58 Å². The molecule has 6 nitrogen and oxygen atoms in total. The van der Waals surface area contributed by atoms with E-state index in [0.717, 1.165) is 0 Å². The molecule has 120 valence electrons. The highest BCUT2D eigenvalue weighted by Gasteiger charge is 2.67. The molecule has 0 radical (unpaired) electrons. The van der Waals surface area contributed by atoms with Crippen molar-refractivity contribution in [3.05, 3.63) is 61.0 Å². The molecule has 0 amide bonds. The van der Waals surface area contributed by atoms with Crippen LogP contribution < -0.4 is 0 Å². The Morgan fingerprint density at radius 1 is 1.13 bits per heavy atom. The first-order valence-corrected chi connectivity index (χ1v) is 7.18. The molecule has 0 saturated heterocycles. The lowest BCUT2D eigenvalue weighted by molar-refractivity contribution is -0.167. The Bertz CT molecular complexity index is 633. The summed E-state index contributed by atoms with van der Waals surface area (Å²) in [7, 11) is 0. The number of ether oxygens (including phenoxy) is 2. The third-order valence-corrected chi connectivity index (χ3v) is 3.88. The van der Waals surface area contributed by atoms with Crippen molar-refractivity contribution in [2.24, 2.45) is 11.3 Å². The maximum absolute atomic E-state index is 12.4. The monoisotopic (exact) mass is 316 g/mol. The molecule has 0 spiro atoms. The molecule has 3 rings (SSSR count). The zero-order valence-corrected chi connectivity index (χ0v) is 12.4. The van der Waals surface area contributed by atoms with Gasteiger partial charge in [0.15, 0.2) is 5.41 Å². The van der Waals surface area contributed by atoms with Crippen LogP contribution in [-0.2, 0) is 32.3 Å². The number of carbonyl (C=O) groups is 2. The summed E-state index contributed by atoms with van der Waals surface area (Å²) in [6, 6.07) is 6.76. The summed E-state index contributed by atoms with van der Waals surface area (Å²) in [4.78, 5) is 24.7. The zero-order chi connectivity index (χ0) is 16.3. The van der Waals surface area contributed by atoms with Crippen molar-refractivity contribution >= 4 is 11.9 Å². The van der Waals surface area contributed by atoms with E-state index in [0.29, 0.717) is 17.9 Å². The maximum Gasteiger partial charge on any atom is 0.324 e. The normalized spacial score (nSPS) is 18.2. The average Bonchev–Trinajstić information content (AvgIpc) is 2.95. The molecule has 1 aliphatic rings. The van der Waals surface area contributed by atoms with Crippen molar-refractivity contribution in [2.45, 2.75) is 19.6 Å². The number of allylic oxidation sites excluding steroid dienone is 1. The summed E-state index contributed by atoms with van der Waals surface area (Å²) in [6.07, 6.45) is 4.88. The molecule has 2 aromatic rings. The minimum absolute atomic E-state index is 0.0249. The van der Waals surface area contributed by atoms with E-state index in [-0.39, 0.29) is 19.1 Å². The molecule has 1 saturated carbocycles. The van der Waals surface area contributed by atoms with E-state index in [4.69, 9.17) is 18.3 Å². The summed E-state index contributed by atoms with van der Waals surface area (Å²) in [6.45, 7) is 3.60. The van der Waals surface area contributed by atoms with Crippen molar-refractivity contribution in [1.29, 1.82) is 0 Å². The summed E-state index contributed by atoms with van der Waals surface area (Å²) < 4.78 is 20.6. The summed E-state index contributed by atoms with van der Waals surface area (Å²) in [5.41, 5.74) is -1.30. The van der Waals surface area contributed by atoms with Crippen molar-refractivity contribution in [2.75, 3.05) is 0 Å². The lowest BCUT2D eigenvalue weighted by atomic mass is 10.0. The Balaban J connectivity index is 1.63. The fraction of sp³-hybridized carbons (Fsp3) is 0.294. The van der Waals surface area contributed by atoms with Crippen molar-refractivity contribution in [3.8, 4) is 0 Å². The van der Waals surface area contributed by atoms with E-state index in [1.807, 2.05) is 0 Å². The van der Waals surface area contributed by atoms with E-state index in [1.54, 1.807) is 30.3 Å². The third-order valence-electron chi connectivity index (χ3n) is 3.88. The van der Waals surface area contributed by atoms with Gasteiger partial charge in [0.25, 0.3) is 0 Å². The Hall–Kier alpha value is -2.76. The first-order valence-electron chi connectivity index (χ1n) is 7.18. The van der Waals surface area contributed by atoms with E-state index in [9.17, 15) is 9.59 Å². The summed E-state index contributed by atoms with van der Waals surface area (Å²) in [5.74, 6) is -0.510. The Labute approximate surface area is 132 Å². The predicted octanol–water partition coefficient (Wildman–Crippen LogP) is 2.85. The molecule has 0 aromatic carbocycles. The van der Waals surface area contributed by atoms with Crippen LogP contribution in [0.3, 0.4) is 0 Å². The van der Waals surface area contributed by atoms with Gasteiger partial charge in [-0.05, 0) is 30.7 Å². The molecular formula is C17H16O6. The maximum atomic E-state index is 12.4. The molecule has 23 heavy (non-hydrogen) atoms. The van der Waals surface area contributed by atoms with E-state index >= 15 is 0 Å². The molecule has 2 aromatic heterocycles. The lowest BCUT2D eigenvalue weighted by Crippen LogP contribution is -2.31. The molecule has 1 fully saturated rings. The van der Waals surface area contributed by atoms with Gasteiger partial charge in [-0.15, -0.1) is 6.58 Å². The third kappa shape index (κ3) is 2.92. The second-order valence-corrected chi connectivity index (χ2v) is 5.33. The van der Waals surface area contributed by atoms with Gasteiger partial charge in [-0.25, -0.2) is 0 Å². The van der Waals surface area contributed by atoms with Gasteiger partial charge in [-0.2, -0.15) is 0 Å². The van der Waals surface area contributed by atoms with Crippen LogP contribution in [0.2, 0.25) is 0 Å². The molecule has 6 heteroatoms. The van der Waals surface area contributed by atoms with Crippen LogP contribution in [0.5, 0.6) is 0 Å². The number of carbonyl (C=O) groups excluding carboxylic acids is 2. The number of hydrogen-bond donors (Lipinski definition) is 0. The molecule has 2 heterocycles. The number of furan rings is 2. The van der Waals surface area contributed by atoms with Gasteiger partial charge in [0, 0.05) is 5.92 Å². The van der Waals surface area contributed by atoms with E-state index < -0.39 is 17.4 Å². The molecule has 1 aliphatic carbocycles. The van der Waals surface area contributed by atoms with Gasteiger partial charge in [0.05, 0.1) is 12.5 Å². The van der Waals surface area contributed by atoms with Crippen LogP contribution in [0.25, 0.3) is 0 Å². The number of rotatable bonds is 7. The molecule has 1 unspecified atom stereocenters. The highest BCUT2D eigenvalue weighted by molar-refractivity contribution is 6.04. The molecule has 0 bridgehead atoms. The SMILES string of the molecule is C=CC1CC1(C(=O)OCc1ccco1)C(=O)OCc1ccco1. The first-order chi connectivity index (χ1) is 11.2. The second kappa shape index (κ2) is 6.16. The first kappa shape index (κ1) is 15.1. The fourth-order valence-corrected chi connectivity index (χ4v) is 2.45. The van der Waals surface area contributed by atoms with Crippen molar-refractivity contribution in [3.63, 3.8) is 0 Å². The van der Waals surface area contributed by atoms with Gasteiger partial charge in [-0.3, -0.25) is 9.59 Å². The second-order valence-electron chi connectivity index (χ2n) is 5.33. The van der Waals surface area contributed by atoms with Crippen molar-refractivity contribution in [1.82, 2.24) is 0 Å². The van der Waals surface area contributed by atoms with Crippen LogP contribution in [0.1, 0.15) is 17.9 Å². The van der Waals surface area contributed by atoms with Crippen LogP contribution in [0.4, 0.5) is 0 Å². The minimum Gasteiger partial charge on any atom is -0.466 e. The fourth-order valence-electron chi connectivity index (χ4n) is 2.45. The summed E-state index contributed by atoms with van der Waals surface area (Å²) in [5, 5.41) is 0. The van der Waals surface area contributed by atoms with Gasteiger partial charge in [0.1, 0.15) is 24.7 Å². The minimum atomic E-state index is -1.30. The zero-order valence-electron chi connectivity index (χ0n) is 12.4. The van der Waals surface area contributed by atoms with Crippen LogP contribution in [0, 0.1) is 11.3 Å². The highest BCUT2D eigenvalue weighted by Crippen LogP contribution is 2.55. The smallest absolute Gasteiger partial charge is 0.324 e. The predicted molar refractivity (Wildman–Crippen MR) is 77.7 cm³/mol. The lowest BCUT2D eigenvalue weighted by Gasteiger charge is -2.14. The number of hydrogen-bond acceptors (Lipinski definition) is 6. The quantitative estimate of drug-likeness (QED) is 0.444. The van der Waals surface area contributed by atoms with Crippen molar-refractivity contribution < 1.29 is 27.9 Å². The highest BCUT2D eigenvalue weighted by atomic mass is 16.6. The van der Waals surface area contributed by atoms with Crippen LogP contribution in [0.15, 0.2) is 58.3 Å². The number of esters is 2.